The molecule has 0 saturated carbocycles. The molecule has 0 N–H and O–H groups in total. The normalized spacial score (nSPS) is 16.2. The number of thioether (sulfide) groups is 2. The zero-order chi connectivity index (χ0) is 18.2. The highest BCUT2D eigenvalue weighted by molar-refractivity contribution is 8.00. The summed E-state index contributed by atoms with van der Waals surface area (Å²) in [5.41, 5.74) is 2.47. The fourth-order valence-electron chi connectivity index (χ4n) is 3.81. The summed E-state index contributed by atoms with van der Waals surface area (Å²) in [5, 5.41) is 2.16. The molecule has 3 aromatic rings. The Labute approximate surface area is 170 Å². The number of nitrogens with zero attached hydrogens (tertiary/aromatic N) is 3. The van der Waals surface area contributed by atoms with E-state index in [2.05, 4.69) is 16.0 Å². The van der Waals surface area contributed by atoms with Crippen molar-refractivity contribution in [1.82, 2.24) is 9.97 Å². The van der Waals surface area contributed by atoms with Crippen LogP contribution in [-0.4, -0.2) is 33.9 Å². The number of para-hydroxylation sites is 1. The Hall–Kier alpha value is -1.57. The molecular weight excluding hydrogens is 394 g/mol. The van der Waals surface area contributed by atoms with E-state index in [0.29, 0.717) is 5.75 Å². The minimum atomic E-state index is 0.156. The van der Waals surface area contributed by atoms with Gasteiger partial charge in [0.2, 0.25) is 5.91 Å². The predicted octanol–water partition coefficient (Wildman–Crippen LogP) is 4.80. The van der Waals surface area contributed by atoms with Gasteiger partial charge in [-0.05, 0) is 43.4 Å². The highest BCUT2D eigenvalue weighted by Crippen LogP contribution is 2.40. The lowest BCUT2D eigenvalue weighted by atomic mass is 9.97. The number of thiophene rings is 1. The number of benzene rings is 1. The second-order valence-electron chi connectivity index (χ2n) is 6.72. The zero-order valence-electron chi connectivity index (χ0n) is 14.8. The van der Waals surface area contributed by atoms with Crippen LogP contribution in [0.25, 0.3) is 10.2 Å². The molecule has 138 valence electrons. The minimum absolute atomic E-state index is 0.156. The van der Waals surface area contributed by atoms with E-state index < -0.39 is 0 Å². The molecule has 2 aliphatic rings. The summed E-state index contributed by atoms with van der Waals surface area (Å²) in [4.78, 5) is 27.6. The third-order valence-electron chi connectivity index (χ3n) is 5.08. The maximum absolute atomic E-state index is 13.0. The van der Waals surface area contributed by atoms with Gasteiger partial charge < -0.3 is 4.90 Å². The Bertz CT molecular complexity index is 1020. The predicted molar refractivity (Wildman–Crippen MR) is 114 cm³/mol. The van der Waals surface area contributed by atoms with Crippen LogP contribution >= 0.6 is 34.9 Å². The third kappa shape index (κ3) is 3.26. The topological polar surface area (TPSA) is 46.1 Å². The Kier molecular flexibility index (Phi) is 4.83. The van der Waals surface area contributed by atoms with E-state index in [1.54, 1.807) is 29.4 Å². The summed E-state index contributed by atoms with van der Waals surface area (Å²) in [6.45, 7) is 0.772. The van der Waals surface area contributed by atoms with Gasteiger partial charge >= 0.3 is 0 Å². The number of hydrogen-bond donors (Lipinski definition) is 0. The van der Waals surface area contributed by atoms with Crippen LogP contribution in [0.2, 0.25) is 0 Å². The number of aromatic nitrogens is 2. The van der Waals surface area contributed by atoms with Gasteiger partial charge in [0.1, 0.15) is 16.2 Å². The van der Waals surface area contributed by atoms with Crippen molar-refractivity contribution in [2.45, 2.75) is 35.6 Å². The maximum atomic E-state index is 13.0. The van der Waals surface area contributed by atoms with Crippen molar-refractivity contribution >= 4 is 56.7 Å². The molecule has 0 saturated heterocycles. The number of carbonyl (C=O) groups is 1. The number of rotatable bonds is 3. The van der Waals surface area contributed by atoms with E-state index in [1.165, 1.54) is 33.6 Å². The number of amides is 1. The number of aryl methyl sites for hydroxylation is 2. The van der Waals surface area contributed by atoms with Crippen LogP contribution < -0.4 is 4.90 Å². The van der Waals surface area contributed by atoms with E-state index in [0.717, 1.165) is 40.7 Å². The van der Waals surface area contributed by atoms with E-state index in [9.17, 15) is 4.79 Å². The molecule has 0 bridgehead atoms. The molecule has 7 heteroatoms. The van der Waals surface area contributed by atoms with Crippen molar-refractivity contribution in [2.24, 2.45) is 0 Å². The average molecular weight is 414 g/mol. The van der Waals surface area contributed by atoms with Crippen molar-refractivity contribution in [1.29, 1.82) is 0 Å². The lowest BCUT2D eigenvalue weighted by Gasteiger charge is -2.28. The van der Waals surface area contributed by atoms with Gasteiger partial charge in [-0.25, -0.2) is 9.97 Å². The molecular formula is C20H19N3OS3. The van der Waals surface area contributed by atoms with Crippen LogP contribution in [0.4, 0.5) is 5.69 Å². The SMILES string of the molecule is O=C(CSc1ncnc2sc3c(c12)CCCC3)N1CCSc2ccccc21. The van der Waals surface area contributed by atoms with Crippen LogP contribution in [0.15, 0.2) is 40.5 Å². The maximum Gasteiger partial charge on any atom is 0.237 e. The van der Waals surface area contributed by atoms with E-state index in [-0.39, 0.29) is 5.91 Å². The summed E-state index contributed by atoms with van der Waals surface area (Å²) >= 11 is 5.19. The number of anilines is 1. The first-order valence-corrected chi connectivity index (χ1v) is 12.0. The number of carbonyl (C=O) groups excluding carboxylic acids is 1. The monoisotopic (exact) mass is 413 g/mol. The van der Waals surface area contributed by atoms with Crippen LogP contribution in [-0.2, 0) is 17.6 Å². The molecule has 1 aliphatic carbocycles. The summed E-state index contributed by atoms with van der Waals surface area (Å²) < 4.78 is 0. The molecule has 27 heavy (non-hydrogen) atoms. The van der Waals surface area contributed by atoms with Gasteiger partial charge in [0.05, 0.1) is 11.4 Å². The molecule has 1 amide bonds. The van der Waals surface area contributed by atoms with E-state index in [1.807, 2.05) is 34.9 Å². The fourth-order valence-corrected chi connectivity index (χ4v) is 7.00. The second-order valence-corrected chi connectivity index (χ2v) is 9.90. The molecule has 0 atom stereocenters. The standard InChI is InChI=1S/C20H19N3OS3/c24-17(23-9-10-25-16-8-4-2-6-14(16)23)11-26-19-18-13-5-1-3-7-15(13)27-20(18)22-12-21-19/h2,4,6,8,12H,1,3,5,7,9-11H2. The first kappa shape index (κ1) is 17.5. The summed E-state index contributed by atoms with van der Waals surface area (Å²) in [7, 11) is 0. The highest BCUT2D eigenvalue weighted by atomic mass is 32.2. The molecule has 1 aromatic carbocycles. The van der Waals surface area contributed by atoms with Gasteiger partial charge in [0, 0.05) is 27.5 Å². The Morgan fingerprint density at radius 2 is 2.07 bits per heavy atom. The van der Waals surface area contributed by atoms with Crippen molar-refractivity contribution in [3.05, 3.63) is 41.0 Å². The van der Waals surface area contributed by atoms with Gasteiger partial charge in [-0.2, -0.15) is 0 Å². The van der Waals surface area contributed by atoms with Gasteiger partial charge in [-0.3, -0.25) is 4.79 Å². The average Bonchev–Trinajstić information content (AvgIpc) is 3.11. The van der Waals surface area contributed by atoms with E-state index >= 15 is 0 Å². The highest BCUT2D eigenvalue weighted by Gasteiger charge is 2.24. The summed E-state index contributed by atoms with van der Waals surface area (Å²) in [5.74, 6) is 1.52. The molecule has 0 radical (unpaired) electrons. The van der Waals surface area contributed by atoms with Crippen LogP contribution in [0.3, 0.4) is 0 Å². The molecule has 3 heterocycles. The van der Waals surface area contributed by atoms with Crippen LogP contribution in [0.1, 0.15) is 23.3 Å². The van der Waals surface area contributed by atoms with Gasteiger partial charge in [-0.1, -0.05) is 23.9 Å². The lowest BCUT2D eigenvalue weighted by Crippen LogP contribution is -2.36. The van der Waals surface area contributed by atoms with Gasteiger partial charge in [0.15, 0.2) is 0 Å². The van der Waals surface area contributed by atoms with Crippen molar-refractivity contribution in [2.75, 3.05) is 23.0 Å². The molecule has 0 fully saturated rings. The zero-order valence-corrected chi connectivity index (χ0v) is 17.3. The van der Waals surface area contributed by atoms with Gasteiger partial charge in [0.25, 0.3) is 0 Å². The van der Waals surface area contributed by atoms with Crippen molar-refractivity contribution in [3.63, 3.8) is 0 Å². The summed E-state index contributed by atoms with van der Waals surface area (Å²) in [6, 6.07) is 8.18. The summed E-state index contributed by atoms with van der Waals surface area (Å²) in [6.07, 6.45) is 6.41. The molecule has 1 aliphatic heterocycles. The Morgan fingerprint density at radius 1 is 1.19 bits per heavy atom. The van der Waals surface area contributed by atoms with Crippen molar-refractivity contribution < 1.29 is 4.79 Å². The Morgan fingerprint density at radius 3 is 3.04 bits per heavy atom. The Balaban J connectivity index is 1.39. The molecule has 0 spiro atoms. The lowest BCUT2D eigenvalue weighted by molar-refractivity contribution is -0.116. The van der Waals surface area contributed by atoms with E-state index in [4.69, 9.17) is 0 Å². The second kappa shape index (κ2) is 7.45. The van der Waals surface area contributed by atoms with Gasteiger partial charge in [-0.15, -0.1) is 23.1 Å². The molecule has 2 aromatic heterocycles. The largest absolute Gasteiger partial charge is 0.310 e. The number of fused-ring (bicyclic) bond motifs is 4. The molecule has 5 rings (SSSR count). The first-order valence-electron chi connectivity index (χ1n) is 9.21. The quantitative estimate of drug-likeness (QED) is 0.456. The fraction of sp³-hybridized carbons (Fsp3) is 0.350. The molecule has 4 nitrogen and oxygen atoms in total. The molecule has 0 unspecified atom stereocenters. The smallest absolute Gasteiger partial charge is 0.237 e. The van der Waals surface area contributed by atoms with Crippen molar-refractivity contribution in [3.8, 4) is 0 Å². The number of hydrogen-bond acceptors (Lipinski definition) is 6. The minimum Gasteiger partial charge on any atom is -0.310 e. The first-order chi connectivity index (χ1) is 13.3. The van der Waals surface area contributed by atoms with Crippen LogP contribution in [0, 0.1) is 0 Å². The van der Waals surface area contributed by atoms with Crippen LogP contribution in [0.5, 0.6) is 0 Å². The third-order valence-corrected chi connectivity index (χ3v) is 8.30.